The van der Waals surface area contributed by atoms with Crippen LogP contribution in [-0.2, 0) is 13.1 Å². The third-order valence-corrected chi connectivity index (χ3v) is 2.73. The molecule has 1 aromatic rings. The van der Waals surface area contributed by atoms with Gasteiger partial charge >= 0.3 is 0 Å². The molecular formula is C13H25N3O. The molecule has 1 aromatic heterocycles. The zero-order valence-electron chi connectivity index (χ0n) is 11.3. The van der Waals surface area contributed by atoms with Crippen LogP contribution in [-0.4, -0.2) is 30.2 Å². The van der Waals surface area contributed by atoms with Crippen molar-refractivity contribution < 1.29 is 4.52 Å². The van der Waals surface area contributed by atoms with Gasteiger partial charge in [0.1, 0.15) is 0 Å². The van der Waals surface area contributed by atoms with Crippen LogP contribution < -0.4 is 5.32 Å². The Hall–Kier alpha value is -0.870. The molecule has 0 radical (unpaired) electrons. The second-order valence-corrected chi connectivity index (χ2v) is 4.51. The highest BCUT2D eigenvalue weighted by molar-refractivity contribution is 5.04. The van der Waals surface area contributed by atoms with Crippen LogP contribution >= 0.6 is 0 Å². The highest BCUT2D eigenvalue weighted by Gasteiger charge is 2.06. The van der Waals surface area contributed by atoms with E-state index in [0.29, 0.717) is 0 Å². The average Bonchev–Trinajstić information content (AvgIpc) is 2.74. The van der Waals surface area contributed by atoms with E-state index in [1.54, 1.807) is 0 Å². The van der Waals surface area contributed by atoms with Crippen molar-refractivity contribution in [1.29, 1.82) is 0 Å². The van der Waals surface area contributed by atoms with E-state index >= 15 is 0 Å². The Balaban J connectivity index is 2.27. The average molecular weight is 239 g/mol. The number of nitrogens with zero attached hydrogens (tertiary/aromatic N) is 2. The van der Waals surface area contributed by atoms with Gasteiger partial charge in [-0.15, -0.1) is 0 Å². The standard InChI is InChI=1S/C13H25N3O/c1-4-6-7-8-16(3)11-13-9-12(15-17-13)10-14-5-2/h9,14H,4-8,10-11H2,1-3H3. The van der Waals surface area contributed by atoms with E-state index in [2.05, 4.69) is 36.3 Å². The zero-order valence-corrected chi connectivity index (χ0v) is 11.3. The molecule has 0 spiro atoms. The highest BCUT2D eigenvalue weighted by Crippen LogP contribution is 2.07. The molecule has 0 aromatic carbocycles. The fourth-order valence-corrected chi connectivity index (χ4v) is 1.74. The lowest BCUT2D eigenvalue weighted by atomic mass is 10.2. The SMILES string of the molecule is CCCCCN(C)Cc1cc(CNCC)no1. The van der Waals surface area contributed by atoms with Crippen LogP contribution in [0.25, 0.3) is 0 Å². The second kappa shape index (κ2) is 8.25. The Morgan fingerprint density at radius 1 is 1.35 bits per heavy atom. The maximum atomic E-state index is 5.31. The number of nitrogens with one attached hydrogen (secondary N) is 1. The van der Waals surface area contributed by atoms with E-state index < -0.39 is 0 Å². The number of hydrogen-bond donors (Lipinski definition) is 1. The molecule has 98 valence electrons. The Labute approximate surface area is 104 Å². The predicted octanol–water partition coefficient (Wildman–Crippen LogP) is 2.41. The van der Waals surface area contributed by atoms with Crippen molar-refractivity contribution in [3.8, 4) is 0 Å². The molecule has 4 nitrogen and oxygen atoms in total. The van der Waals surface area contributed by atoms with Crippen LogP contribution in [0.5, 0.6) is 0 Å². The Kier molecular flexibility index (Phi) is 6.89. The van der Waals surface area contributed by atoms with Gasteiger partial charge in [-0.25, -0.2) is 0 Å². The fourth-order valence-electron chi connectivity index (χ4n) is 1.74. The van der Waals surface area contributed by atoms with Crippen molar-refractivity contribution in [2.45, 2.75) is 46.2 Å². The van der Waals surface area contributed by atoms with Gasteiger partial charge in [-0.05, 0) is 26.6 Å². The summed E-state index contributed by atoms with van der Waals surface area (Å²) < 4.78 is 5.31. The summed E-state index contributed by atoms with van der Waals surface area (Å²) >= 11 is 0. The lowest BCUT2D eigenvalue weighted by Crippen LogP contribution is -2.18. The van der Waals surface area contributed by atoms with Crippen molar-refractivity contribution in [1.82, 2.24) is 15.4 Å². The normalized spacial score (nSPS) is 11.3. The van der Waals surface area contributed by atoms with E-state index in [1.807, 2.05) is 6.07 Å². The van der Waals surface area contributed by atoms with Crippen molar-refractivity contribution >= 4 is 0 Å². The first-order valence-electron chi connectivity index (χ1n) is 6.60. The molecule has 1 heterocycles. The van der Waals surface area contributed by atoms with Gasteiger partial charge < -0.3 is 9.84 Å². The van der Waals surface area contributed by atoms with Crippen LogP contribution in [0.1, 0.15) is 44.6 Å². The molecule has 0 atom stereocenters. The molecule has 0 bridgehead atoms. The maximum Gasteiger partial charge on any atom is 0.151 e. The molecule has 0 fully saturated rings. The summed E-state index contributed by atoms with van der Waals surface area (Å²) in [5, 5.41) is 7.28. The van der Waals surface area contributed by atoms with Crippen molar-refractivity contribution in [2.24, 2.45) is 0 Å². The number of unbranched alkanes of at least 4 members (excludes halogenated alkanes) is 2. The summed E-state index contributed by atoms with van der Waals surface area (Å²) in [7, 11) is 2.13. The van der Waals surface area contributed by atoms with Crippen LogP contribution in [0.3, 0.4) is 0 Å². The molecule has 17 heavy (non-hydrogen) atoms. The van der Waals surface area contributed by atoms with E-state index in [0.717, 1.165) is 37.6 Å². The maximum absolute atomic E-state index is 5.31. The first-order valence-corrected chi connectivity index (χ1v) is 6.60. The summed E-state index contributed by atoms with van der Waals surface area (Å²) in [6.07, 6.45) is 3.82. The molecule has 0 aliphatic carbocycles. The van der Waals surface area contributed by atoms with Gasteiger partial charge in [-0.3, -0.25) is 4.90 Å². The van der Waals surface area contributed by atoms with Crippen LogP contribution in [0, 0.1) is 0 Å². The number of rotatable bonds is 9. The van der Waals surface area contributed by atoms with E-state index in [4.69, 9.17) is 4.52 Å². The van der Waals surface area contributed by atoms with Crippen LogP contribution in [0.4, 0.5) is 0 Å². The molecule has 4 heteroatoms. The first-order chi connectivity index (χ1) is 8.26. The molecule has 0 amide bonds. The minimum atomic E-state index is 0.791. The van der Waals surface area contributed by atoms with E-state index in [1.165, 1.54) is 19.3 Å². The monoisotopic (exact) mass is 239 g/mol. The van der Waals surface area contributed by atoms with Crippen molar-refractivity contribution in [2.75, 3.05) is 20.1 Å². The van der Waals surface area contributed by atoms with Crippen LogP contribution in [0.15, 0.2) is 10.6 Å². The van der Waals surface area contributed by atoms with Gasteiger partial charge in [-0.2, -0.15) is 0 Å². The quantitative estimate of drug-likeness (QED) is 0.672. The molecular weight excluding hydrogens is 214 g/mol. The smallest absolute Gasteiger partial charge is 0.151 e. The summed E-state index contributed by atoms with van der Waals surface area (Å²) in [6.45, 7) is 8.03. The topological polar surface area (TPSA) is 41.3 Å². The zero-order chi connectivity index (χ0) is 12.5. The molecule has 0 aliphatic rings. The first kappa shape index (κ1) is 14.2. The molecule has 0 unspecified atom stereocenters. The van der Waals surface area contributed by atoms with Gasteiger partial charge in [0.2, 0.25) is 0 Å². The Morgan fingerprint density at radius 2 is 2.18 bits per heavy atom. The van der Waals surface area contributed by atoms with E-state index in [9.17, 15) is 0 Å². The molecule has 0 aliphatic heterocycles. The third kappa shape index (κ3) is 5.84. The summed E-state index contributed by atoms with van der Waals surface area (Å²) in [6, 6.07) is 2.04. The van der Waals surface area contributed by atoms with Crippen molar-refractivity contribution in [3.05, 3.63) is 17.5 Å². The van der Waals surface area contributed by atoms with Crippen LogP contribution in [0.2, 0.25) is 0 Å². The molecule has 0 saturated heterocycles. The minimum absolute atomic E-state index is 0.791. The molecule has 1 N–H and O–H groups in total. The predicted molar refractivity (Wildman–Crippen MR) is 69.7 cm³/mol. The van der Waals surface area contributed by atoms with Gasteiger partial charge in [0.25, 0.3) is 0 Å². The second-order valence-electron chi connectivity index (χ2n) is 4.51. The summed E-state index contributed by atoms with van der Waals surface area (Å²) in [4.78, 5) is 2.28. The third-order valence-electron chi connectivity index (χ3n) is 2.73. The van der Waals surface area contributed by atoms with Gasteiger partial charge in [0.05, 0.1) is 12.2 Å². The Morgan fingerprint density at radius 3 is 2.88 bits per heavy atom. The van der Waals surface area contributed by atoms with Gasteiger partial charge in [0, 0.05) is 12.6 Å². The van der Waals surface area contributed by atoms with E-state index in [-0.39, 0.29) is 0 Å². The minimum Gasteiger partial charge on any atom is -0.360 e. The number of aromatic nitrogens is 1. The highest BCUT2D eigenvalue weighted by atomic mass is 16.5. The van der Waals surface area contributed by atoms with Gasteiger partial charge in [-0.1, -0.05) is 31.8 Å². The largest absolute Gasteiger partial charge is 0.360 e. The molecule has 1 rings (SSSR count). The Bertz CT molecular complexity index is 299. The lowest BCUT2D eigenvalue weighted by Gasteiger charge is -2.13. The van der Waals surface area contributed by atoms with Gasteiger partial charge in [0.15, 0.2) is 5.76 Å². The van der Waals surface area contributed by atoms with Crippen molar-refractivity contribution in [3.63, 3.8) is 0 Å². The lowest BCUT2D eigenvalue weighted by molar-refractivity contribution is 0.267. The summed E-state index contributed by atoms with van der Waals surface area (Å²) in [5.74, 6) is 0.955. The fraction of sp³-hybridized carbons (Fsp3) is 0.769. The molecule has 0 saturated carbocycles. The summed E-state index contributed by atoms with van der Waals surface area (Å²) in [5.41, 5.74) is 0.990. The number of hydrogen-bond acceptors (Lipinski definition) is 4.